The van der Waals surface area contributed by atoms with Crippen molar-refractivity contribution in [3.05, 3.63) is 11.6 Å². The fraction of sp³-hybridized carbons (Fsp3) is 0.769. The summed E-state index contributed by atoms with van der Waals surface area (Å²) in [4.78, 5) is 9.44. The number of carbonyl (C=O) groups is 1. The first-order chi connectivity index (χ1) is 6.90. The van der Waals surface area contributed by atoms with Gasteiger partial charge in [-0.15, -0.1) is 0 Å². The van der Waals surface area contributed by atoms with Gasteiger partial charge in [0, 0.05) is 6.61 Å². The lowest BCUT2D eigenvalue weighted by atomic mass is 10.0. The maximum Gasteiger partial charge on any atom is 0.126 e. The number of ketones is 1. The minimum absolute atomic E-state index is 0.167. The molecule has 0 aliphatic carbocycles. The second kappa shape index (κ2) is 11.4. The number of rotatable bonds is 5. The molecule has 0 bridgehead atoms. The SMILES string of the molecule is CC(C)=CCCC(C)CCO.CC(C)=O. The highest BCUT2D eigenvalue weighted by atomic mass is 16.3. The molecule has 2 heteroatoms. The van der Waals surface area contributed by atoms with E-state index >= 15 is 0 Å². The quantitative estimate of drug-likeness (QED) is 0.713. The summed E-state index contributed by atoms with van der Waals surface area (Å²) < 4.78 is 0. The molecule has 0 fully saturated rings. The summed E-state index contributed by atoms with van der Waals surface area (Å²) >= 11 is 0. The molecule has 0 spiro atoms. The summed E-state index contributed by atoms with van der Waals surface area (Å²) in [6.07, 6.45) is 5.56. The van der Waals surface area contributed by atoms with E-state index in [1.165, 1.54) is 25.8 Å². The van der Waals surface area contributed by atoms with Gasteiger partial charge in [0.1, 0.15) is 5.78 Å². The van der Waals surface area contributed by atoms with Crippen LogP contribution in [0.25, 0.3) is 0 Å². The largest absolute Gasteiger partial charge is 0.396 e. The summed E-state index contributed by atoms with van der Waals surface area (Å²) in [5, 5.41) is 8.63. The van der Waals surface area contributed by atoms with E-state index in [1.807, 2.05) is 0 Å². The molecule has 0 saturated carbocycles. The molecular formula is C13H26O2. The van der Waals surface area contributed by atoms with Crippen LogP contribution in [0.5, 0.6) is 0 Å². The maximum absolute atomic E-state index is 9.44. The molecule has 1 atom stereocenters. The minimum Gasteiger partial charge on any atom is -0.396 e. The standard InChI is InChI=1S/C10H20O.C3H6O/c1-9(2)5-4-6-10(3)7-8-11;1-3(2)4/h5,10-11H,4,6-8H2,1-3H3;1-2H3. The van der Waals surface area contributed by atoms with Crippen LogP contribution in [0.3, 0.4) is 0 Å². The number of hydrogen-bond acceptors (Lipinski definition) is 2. The van der Waals surface area contributed by atoms with E-state index in [4.69, 9.17) is 5.11 Å². The Labute approximate surface area is 94.4 Å². The van der Waals surface area contributed by atoms with Crippen LogP contribution in [0.15, 0.2) is 11.6 Å². The third kappa shape index (κ3) is 24.7. The average Bonchev–Trinajstić information content (AvgIpc) is 2.02. The highest BCUT2D eigenvalue weighted by Crippen LogP contribution is 2.10. The van der Waals surface area contributed by atoms with Crippen LogP contribution in [0.4, 0.5) is 0 Å². The molecule has 1 N–H and O–H groups in total. The molecule has 1 unspecified atom stereocenters. The fourth-order valence-corrected chi connectivity index (χ4v) is 1.02. The first-order valence-corrected chi connectivity index (χ1v) is 5.61. The van der Waals surface area contributed by atoms with Crippen LogP contribution in [-0.2, 0) is 4.79 Å². The van der Waals surface area contributed by atoms with E-state index in [9.17, 15) is 4.79 Å². The van der Waals surface area contributed by atoms with Gasteiger partial charge in [0.2, 0.25) is 0 Å². The molecule has 90 valence electrons. The molecule has 0 aromatic carbocycles. The Hall–Kier alpha value is -0.630. The predicted molar refractivity (Wildman–Crippen MR) is 65.9 cm³/mol. The monoisotopic (exact) mass is 214 g/mol. The van der Waals surface area contributed by atoms with Crippen LogP contribution < -0.4 is 0 Å². The third-order valence-electron chi connectivity index (χ3n) is 1.83. The molecule has 0 aliphatic heterocycles. The van der Waals surface area contributed by atoms with E-state index in [0.29, 0.717) is 12.5 Å². The van der Waals surface area contributed by atoms with Gasteiger partial charge < -0.3 is 9.90 Å². The molecule has 0 saturated heterocycles. The van der Waals surface area contributed by atoms with Crippen molar-refractivity contribution in [2.75, 3.05) is 6.61 Å². The summed E-state index contributed by atoms with van der Waals surface area (Å²) in [6.45, 7) is 9.82. The van der Waals surface area contributed by atoms with E-state index in [-0.39, 0.29) is 5.78 Å². The number of Topliss-reactive ketones (excluding diaryl/α,β-unsaturated/α-hetero) is 1. The van der Waals surface area contributed by atoms with Gasteiger partial charge in [0.15, 0.2) is 0 Å². The number of aliphatic hydroxyl groups excluding tert-OH is 1. The molecule has 0 radical (unpaired) electrons. The van der Waals surface area contributed by atoms with Gasteiger partial charge in [-0.05, 0) is 52.9 Å². The van der Waals surface area contributed by atoms with Crippen LogP contribution >= 0.6 is 0 Å². The summed E-state index contributed by atoms with van der Waals surface area (Å²) in [6, 6.07) is 0. The van der Waals surface area contributed by atoms with E-state index < -0.39 is 0 Å². The zero-order chi connectivity index (χ0) is 12.3. The van der Waals surface area contributed by atoms with Gasteiger partial charge in [-0.25, -0.2) is 0 Å². The van der Waals surface area contributed by atoms with Crippen molar-refractivity contribution in [2.24, 2.45) is 5.92 Å². The third-order valence-corrected chi connectivity index (χ3v) is 1.83. The molecule has 0 aliphatic rings. The van der Waals surface area contributed by atoms with Gasteiger partial charge in [-0.3, -0.25) is 0 Å². The van der Waals surface area contributed by atoms with Gasteiger partial charge >= 0.3 is 0 Å². The summed E-state index contributed by atoms with van der Waals surface area (Å²) in [7, 11) is 0. The van der Waals surface area contributed by atoms with Crippen molar-refractivity contribution < 1.29 is 9.90 Å². The lowest BCUT2D eigenvalue weighted by Gasteiger charge is -2.06. The number of aliphatic hydroxyl groups is 1. The Morgan fingerprint density at radius 2 is 1.67 bits per heavy atom. The molecule has 0 amide bonds. The second-order valence-corrected chi connectivity index (χ2v) is 4.38. The second-order valence-electron chi connectivity index (χ2n) is 4.38. The van der Waals surface area contributed by atoms with Crippen molar-refractivity contribution in [1.82, 2.24) is 0 Å². The van der Waals surface area contributed by atoms with Gasteiger partial charge in [-0.2, -0.15) is 0 Å². The minimum atomic E-state index is 0.167. The van der Waals surface area contributed by atoms with Crippen LogP contribution in [0, 0.1) is 5.92 Å². The van der Waals surface area contributed by atoms with Crippen LogP contribution in [-0.4, -0.2) is 17.5 Å². The predicted octanol–water partition coefficient (Wildman–Crippen LogP) is 3.35. The molecule has 15 heavy (non-hydrogen) atoms. The molecule has 0 heterocycles. The zero-order valence-corrected chi connectivity index (χ0v) is 10.8. The maximum atomic E-state index is 9.44. The van der Waals surface area contributed by atoms with E-state index in [2.05, 4.69) is 26.8 Å². The first-order valence-electron chi connectivity index (χ1n) is 5.61. The van der Waals surface area contributed by atoms with Crippen molar-refractivity contribution in [3.63, 3.8) is 0 Å². The van der Waals surface area contributed by atoms with Crippen LogP contribution in [0.2, 0.25) is 0 Å². The highest BCUT2D eigenvalue weighted by molar-refractivity contribution is 5.72. The smallest absolute Gasteiger partial charge is 0.126 e. The zero-order valence-electron chi connectivity index (χ0n) is 10.8. The number of hydrogen-bond donors (Lipinski definition) is 1. The normalized spacial score (nSPS) is 11.1. The van der Waals surface area contributed by atoms with Crippen molar-refractivity contribution in [1.29, 1.82) is 0 Å². The Morgan fingerprint density at radius 1 is 1.20 bits per heavy atom. The summed E-state index contributed by atoms with van der Waals surface area (Å²) in [5.41, 5.74) is 1.39. The lowest BCUT2D eigenvalue weighted by Crippen LogP contribution is -1.96. The Balaban J connectivity index is 0. The Kier molecular flexibility index (Phi) is 12.8. The first kappa shape index (κ1) is 16.8. The molecular weight excluding hydrogens is 188 g/mol. The number of carbonyl (C=O) groups excluding carboxylic acids is 1. The Morgan fingerprint density at radius 3 is 2.00 bits per heavy atom. The Bertz CT molecular complexity index is 175. The number of allylic oxidation sites excluding steroid dienone is 2. The molecule has 2 nitrogen and oxygen atoms in total. The lowest BCUT2D eigenvalue weighted by molar-refractivity contribution is -0.114. The molecule has 0 rings (SSSR count). The van der Waals surface area contributed by atoms with Gasteiger partial charge in [0.25, 0.3) is 0 Å². The van der Waals surface area contributed by atoms with Crippen molar-refractivity contribution in [3.8, 4) is 0 Å². The summed E-state index contributed by atoms with van der Waals surface area (Å²) in [5.74, 6) is 0.829. The van der Waals surface area contributed by atoms with Crippen LogP contribution in [0.1, 0.15) is 53.9 Å². The molecule has 0 aromatic heterocycles. The van der Waals surface area contributed by atoms with Crippen molar-refractivity contribution >= 4 is 5.78 Å². The average molecular weight is 214 g/mol. The van der Waals surface area contributed by atoms with E-state index in [0.717, 1.165) is 12.8 Å². The highest BCUT2D eigenvalue weighted by Gasteiger charge is 1.98. The fourth-order valence-electron chi connectivity index (χ4n) is 1.02. The van der Waals surface area contributed by atoms with Crippen molar-refractivity contribution in [2.45, 2.75) is 53.9 Å². The van der Waals surface area contributed by atoms with E-state index in [1.54, 1.807) is 0 Å². The topological polar surface area (TPSA) is 37.3 Å². The van der Waals surface area contributed by atoms with Gasteiger partial charge in [0.05, 0.1) is 0 Å². The molecule has 0 aromatic rings. The van der Waals surface area contributed by atoms with Gasteiger partial charge in [-0.1, -0.05) is 18.6 Å².